The zero-order valence-electron chi connectivity index (χ0n) is 15.1. The minimum absolute atomic E-state index is 0.0516. The van der Waals surface area contributed by atoms with Crippen molar-refractivity contribution in [1.29, 1.82) is 0 Å². The minimum Gasteiger partial charge on any atom is -0.497 e. The lowest BCUT2D eigenvalue weighted by molar-refractivity contribution is -0.133. The third kappa shape index (κ3) is 3.70. The number of aliphatic carboxylic acids is 1. The van der Waals surface area contributed by atoms with E-state index in [0.717, 1.165) is 30.0 Å². The second-order valence-electron chi connectivity index (χ2n) is 6.40. The fraction of sp³-hybridized carbons (Fsp3) is 0.316. The first kappa shape index (κ1) is 19.5. The number of aromatic nitrogens is 3. The lowest BCUT2D eigenvalue weighted by atomic mass is 9.91. The average molecular weight is 480 g/mol. The van der Waals surface area contributed by atoms with Crippen LogP contribution >= 0.6 is 39.0 Å². The van der Waals surface area contributed by atoms with Crippen molar-refractivity contribution in [2.75, 3.05) is 12.9 Å². The molecule has 0 aliphatic heterocycles. The van der Waals surface area contributed by atoms with Crippen LogP contribution < -0.4 is 4.74 Å². The van der Waals surface area contributed by atoms with E-state index in [-0.39, 0.29) is 5.75 Å². The molecule has 0 radical (unpaired) electrons. The number of rotatable bonds is 6. The van der Waals surface area contributed by atoms with Crippen molar-refractivity contribution in [2.24, 2.45) is 0 Å². The highest BCUT2D eigenvalue weighted by atomic mass is 79.9. The maximum absolute atomic E-state index is 11.0. The molecule has 2 aromatic heterocycles. The third-order valence-electron chi connectivity index (χ3n) is 4.67. The molecule has 2 heterocycles. The summed E-state index contributed by atoms with van der Waals surface area (Å²) in [6.07, 6.45) is 4.38. The number of benzene rings is 1. The van der Waals surface area contributed by atoms with Crippen LogP contribution in [-0.4, -0.2) is 38.7 Å². The van der Waals surface area contributed by atoms with E-state index in [4.69, 9.17) is 9.84 Å². The van der Waals surface area contributed by atoms with Crippen LogP contribution in [0.25, 0.3) is 15.4 Å². The zero-order chi connectivity index (χ0) is 19.7. The van der Waals surface area contributed by atoms with Crippen LogP contribution in [0.4, 0.5) is 0 Å². The molecule has 0 bridgehead atoms. The van der Waals surface area contributed by atoms with Crippen LogP contribution in [0.1, 0.15) is 24.0 Å². The molecule has 0 unspecified atom stereocenters. The smallest absolute Gasteiger partial charge is 0.313 e. The summed E-state index contributed by atoms with van der Waals surface area (Å²) in [4.78, 5) is 12.3. The van der Waals surface area contributed by atoms with Gasteiger partial charge in [0, 0.05) is 4.88 Å². The van der Waals surface area contributed by atoms with Crippen molar-refractivity contribution in [3.8, 4) is 21.2 Å². The summed E-state index contributed by atoms with van der Waals surface area (Å²) < 4.78 is 7.82. The van der Waals surface area contributed by atoms with Crippen LogP contribution in [0.3, 0.4) is 0 Å². The Kier molecular flexibility index (Phi) is 5.75. The Balaban J connectivity index is 1.82. The molecule has 146 valence electrons. The fourth-order valence-corrected chi connectivity index (χ4v) is 6.19. The first-order valence-corrected chi connectivity index (χ1v) is 11.4. The van der Waals surface area contributed by atoms with Gasteiger partial charge in [0.05, 0.1) is 12.9 Å². The highest BCUT2D eigenvalue weighted by Crippen LogP contribution is 2.44. The summed E-state index contributed by atoms with van der Waals surface area (Å²) in [5.74, 6) is -0.0876. The van der Waals surface area contributed by atoms with E-state index in [1.165, 1.54) is 39.8 Å². The van der Waals surface area contributed by atoms with Gasteiger partial charge >= 0.3 is 5.97 Å². The normalized spacial score (nSPS) is 13.4. The Morgan fingerprint density at radius 3 is 2.64 bits per heavy atom. The molecule has 0 fully saturated rings. The standard InChI is InChI=1S/C19H18BrN3O3S2/c1-26-12-8-6-11(7-9-12)16-13-4-2-3-5-14(13)17(28-16)23-18(20)21-22-19(23)27-10-15(24)25/h6-9H,2-5,10H2,1H3,(H,24,25). The van der Waals surface area contributed by atoms with Crippen molar-refractivity contribution >= 4 is 45.0 Å². The van der Waals surface area contributed by atoms with Crippen molar-refractivity contribution in [3.05, 3.63) is 40.1 Å². The molecular formula is C19H18BrN3O3S2. The van der Waals surface area contributed by atoms with E-state index < -0.39 is 5.97 Å². The Hall–Kier alpha value is -1.84. The number of hydrogen-bond donors (Lipinski definition) is 1. The molecule has 0 amide bonds. The fourth-order valence-electron chi connectivity index (χ4n) is 3.41. The van der Waals surface area contributed by atoms with Crippen LogP contribution in [0, 0.1) is 0 Å². The first-order valence-electron chi connectivity index (χ1n) is 8.83. The summed E-state index contributed by atoms with van der Waals surface area (Å²) in [5.41, 5.74) is 3.87. The molecule has 1 aliphatic carbocycles. The van der Waals surface area contributed by atoms with Crippen molar-refractivity contribution < 1.29 is 14.6 Å². The van der Waals surface area contributed by atoms with Crippen LogP contribution in [-0.2, 0) is 17.6 Å². The van der Waals surface area contributed by atoms with Crippen LogP contribution in [0.5, 0.6) is 5.75 Å². The quantitative estimate of drug-likeness (QED) is 0.510. The number of carboxylic acids is 1. The lowest BCUT2D eigenvalue weighted by Crippen LogP contribution is -2.06. The highest BCUT2D eigenvalue weighted by molar-refractivity contribution is 9.10. The van der Waals surface area contributed by atoms with E-state index in [0.29, 0.717) is 9.89 Å². The third-order valence-corrected chi connectivity index (χ3v) is 7.41. The molecule has 0 saturated carbocycles. The molecule has 28 heavy (non-hydrogen) atoms. The van der Waals surface area contributed by atoms with Crippen molar-refractivity contribution in [2.45, 2.75) is 30.8 Å². The van der Waals surface area contributed by atoms with Gasteiger partial charge in [-0.05, 0) is 82.6 Å². The van der Waals surface area contributed by atoms with Gasteiger partial charge in [0.15, 0.2) is 5.16 Å². The molecule has 4 rings (SSSR count). The molecule has 1 N–H and O–H groups in total. The van der Waals surface area contributed by atoms with Gasteiger partial charge in [-0.1, -0.05) is 11.8 Å². The maximum Gasteiger partial charge on any atom is 0.313 e. The van der Waals surface area contributed by atoms with E-state index >= 15 is 0 Å². The second kappa shape index (κ2) is 8.26. The summed E-state index contributed by atoms with van der Waals surface area (Å²) in [7, 11) is 1.67. The second-order valence-corrected chi connectivity index (χ2v) is 9.05. The molecule has 0 saturated heterocycles. The lowest BCUT2D eigenvalue weighted by Gasteiger charge is -2.15. The number of carboxylic acid groups (broad SMARTS) is 1. The maximum atomic E-state index is 11.0. The summed E-state index contributed by atoms with van der Waals surface area (Å²) in [6, 6.07) is 8.13. The molecule has 9 heteroatoms. The molecule has 1 aliphatic rings. The Labute approximate surface area is 179 Å². The first-order chi connectivity index (χ1) is 13.6. The molecule has 0 spiro atoms. The molecule has 1 aromatic carbocycles. The number of thiophene rings is 1. The number of thioether (sulfide) groups is 1. The van der Waals surface area contributed by atoms with Gasteiger partial charge < -0.3 is 9.84 Å². The molecular weight excluding hydrogens is 462 g/mol. The summed E-state index contributed by atoms with van der Waals surface area (Å²) in [6.45, 7) is 0. The topological polar surface area (TPSA) is 77.2 Å². The predicted molar refractivity (Wildman–Crippen MR) is 114 cm³/mol. The van der Waals surface area contributed by atoms with Gasteiger partial charge in [-0.15, -0.1) is 21.5 Å². The van der Waals surface area contributed by atoms with Crippen molar-refractivity contribution in [1.82, 2.24) is 14.8 Å². The number of fused-ring (bicyclic) bond motifs is 1. The number of methoxy groups -OCH3 is 1. The summed E-state index contributed by atoms with van der Waals surface area (Å²) >= 11 is 6.39. The van der Waals surface area contributed by atoms with Crippen molar-refractivity contribution in [3.63, 3.8) is 0 Å². The van der Waals surface area contributed by atoms with Gasteiger partial charge in [0.25, 0.3) is 0 Å². The monoisotopic (exact) mass is 479 g/mol. The van der Waals surface area contributed by atoms with E-state index in [1.54, 1.807) is 18.4 Å². The molecule has 3 aromatic rings. The van der Waals surface area contributed by atoms with Gasteiger partial charge in [0.1, 0.15) is 10.8 Å². The summed E-state index contributed by atoms with van der Waals surface area (Å²) in [5, 5.41) is 19.0. The number of halogens is 1. The van der Waals surface area contributed by atoms with Gasteiger partial charge in [0.2, 0.25) is 4.73 Å². The predicted octanol–water partition coefficient (Wildman–Crippen LogP) is 4.82. The Morgan fingerprint density at radius 2 is 1.96 bits per heavy atom. The average Bonchev–Trinajstić information content (AvgIpc) is 3.26. The Morgan fingerprint density at radius 1 is 1.25 bits per heavy atom. The largest absolute Gasteiger partial charge is 0.497 e. The van der Waals surface area contributed by atoms with E-state index in [1.807, 2.05) is 16.7 Å². The van der Waals surface area contributed by atoms with Crippen LogP contribution in [0.15, 0.2) is 34.2 Å². The zero-order valence-corrected chi connectivity index (χ0v) is 18.4. The SMILES string of the molecule is COc1ccc(-c2sc(-n3c(Br)nnc3SCC(=O)O)c3c2CCCC3)cc1. The molecule has 6 nitrogen and oxygen atoms in total. The van der Waals surface area contributed by atoms with Gasteiger partial charge in [-0.25, -0.2) is 0 Å². The molecule has 0 atom stereocenters. The van der Waals surface area contributed by atoms with Crippen LogP contribution in [0.2, 0.25) is 0 Å². The highest BCUT2D eigenvalue weighted by Gasteiger charge is 2.26. The number of nitrogens with zero attached hydrogens (tertiary/aromatic N) is 3. The Bertz CT molecular complexity index is 1010. The number of ether oxygens (including phenoxy) is 1. The minimum atomic E-state index is -0.872. The van der Waals surface area contributed by atoms with Gasteiger partial charge in [-0.2, -0.15) is 0 Å². The van der Waals surface area contributed by atoms with E-state index in [2.05, 4.69) is 38.3 Å². The van der Waals surface area contributed by atoms with E-state index in [9.17, 15) is 4.79 Å². The number of hydrogen-bond acceptors (Lipinski definition) is 6. The van der Waals surface area contributed by atoms with Gasteiger partial charge in [-0.3, -0.25) is 9.36 Å². The number of carbonyl (C=O) groups is 1.